The van der Waals surface area contributed by atoms with Crippen LogP contribution in [-0.2, 0) is 6.18 Å². The SMILES string of the molecule is CC(Nc1ccc(Cl)cc1C(F)(F)F)c1cccc(Cl)c1. The Kier molecular flexibility index (Phi) is 4.69. The molecule has 1 atom stereocenters. The van der Waals surface area contributed by atoms with Gasteiger partial charge in [0, 0.05) is 21.8 Å². The molecule has 112 valence electrons. The summed E-state index contributed by atoms with van der Waals surface area (Å²) in [5, 5.41) is 3.43. The van der Waals surface area contributed by atoms with Crippen LogP contribution in [0, 0.1) is 0 Å². The topological polar surface area (TPSA) is 12.0 Å². The molecule has 1 unspecified atom stereocenters. The zero-order valence-electron chi connectivity index (χ0n) is 11.0. The summed E-state index contributed by atoms with van der Waals surface area (Å²) in [5.74, 6) is 0. The highest BCUT2D eigenvalue weighted by Crippen LogP contribution is 2.37. The fraction of sp³-hybridized carbons (Fsp3) is 0.200. The van der Waals surface area contributed by atoms with Gasteiger partial charge in [-0.15, -0.1) is 0 Å². The molecule has 6 heteroatoms. The Morgan fingerprint density at radius 3 is 2.29 bits per heavy atom. The average molecular weight is 334 g/mol. The van der Waals surface area contributed by atoms with Gasteiger partial charge < -0.3 is 5.32 Å². The van der Waals surface area contributed by atoms with Crippen LogP contribution in [0.4, 0.5) is 18.9 Å². The lowest BCUT2D eigenvalue weighted by atomic mass is 10.1. The van der Waals surface area contributed by atoms with Crippen LogP contribution >= 0.6 is 23.2 Å². The summed E-state index contributed by atoms with van der Waals surface area (Å²) in [7, 11) is 0. The van der Waals surface area contributed by atoms with Crippen molar-refractivity contribution in [2.24, 2.45) is 0 Å². The van der Waals surface area contributed by atoms with Crippen LogP contribution in [0.2, 0.25) is 10.0 Å². The molecule has 0 fully saturated rings. The summed E-state index contributed by atoms with van der Waals surface area (Å²) in [5.41, 5.74) is -0.00571. The lowest BCUT2D eigenvalue weighted by Crippen LogP contribution is -2.13. The Morgan fingerprint density at radius 1 is 1.00 bits per heavy atom. The maximum absolute atomic E-state index is 13.0. The molecule has 2 rings (SSSR count). The second-order valence-electron chi connectivity index (χ2n) is 4.61. The summed E-state index contributed by atoms with van der Waals surface area (Å²) in [6.07, 6.45) is -4.47. The van der Waals surface area contributed by atoms with Crippen molar-refractivity contribution in [3.05, 3.63) is 63.6 Å². The van der Waals surface area contributed by atoms with Crippen molar-refractivity contribution in [1.29, 1.82) is 0 Å². The molecule has 1 N–H and O–H groups in total. The largest absolute Gasteiger partial charge is 0.418 e. The molecule has 0 saturated carbocycles. The molecule has 1 nitrogen and oxygen atoms in total. The zero-order valence-corrected chi connectivity index (χ0v) is 12.5. The number of nitrogens with one attached hydrogen (secondary N) is 1. The third-order valence-corrected chi connectivity index (χ3v) is 3.48. The molecule has 21 heavy (non-hydrogen) atoms. The van der Waals surface area contributed by atoms with E-state index in [0.29, 0.717) is 5.02 Å². The predicted octanol–water partition coefficient (Wildman–Crippen LogP) is 6.19. The van der Waals surface area contributed by atoms with E-state index >= 15 is 0 Å². The van der Waals surface area contributed by atoms with Crippen LogP contribution in [0.1, 0.15) is 24.1 Å². The lowest BCUT2D eigenvalue weighted by Gasteiger charge is -2.20. The van der Waals surface area contributed by atoms with E-state index in [2.05, 4.69) is 5.32 Å². The van der Waals surface area contributed by atoms with Crippen molar-refractivity contribution in [2.45, 2.75) is 19.1 Å². The number of alkyl halides is 3. The van der Waals surface area contributed by atoms with E-state index in [-0.39, 0.29) is 16.8 Å². The fourth-order valence-corrected chi connectivity index (χ4v) is 2.34. The van der Waals surface area contributed by atoms with Gasteiger partial charge in [-0.2, -0.15) is 13.2 Å². The molecular weight excluding hydrogens is 322 g/mol. The second kappa shape index (κ2) is 6.16. The Morgan fingerprint density at radius 2 is 1.67 bits per heavy atom. The molecule has 0 aliphatic heterocycles. The molecule has 0 aromatic heterocycles. The van der Waals surface area contributed by atoms with Gasteiger partial charge in [-0.25, -0.2) is 0 Å². The smallest absolute Gasteiger partial charge is 0.378 e. The molecule has 2 aromatic carbocycles. The van der Waals surface area contributed by atoms with Crippen molar-refractivity contribution in [1.82, 2.24) is 0 Å². The molecule has 0 aliphatic carbocycles. The fourth-order valence-electron chi connectivity index (χ4n) is 1.97. The van der Waals surface area contributed by atoms with Gasteiger partial charge in [-0.05, 0) is 42.8 Å². The zero-order chi connectivity index (χ0) is 15.6. The Hall–Kier alpha value is -1.39. The molecule has 2 aromatic rings. The Bertz CT molecular complexity index is 641. The molecule has 0 heterocycles. The van der Waals surface area contributed by atoms with E-state index in [9.17, 15) is 13.2 Å². The van der Waals surface area contributed by atoms with E-state index in [1.54, 1.807) is 31.2 Å². The second-order valence-corrected chi connectivity index (χ2v) is 5.48. The molecule has 0 bridgehead atoms. The highest BCUT2D eigenvalue weighted by Gasteiger charge is 2.34. The van der Waals surface area contributed by atoms with Crippen molar-refractivity contribution >= 4 is 28.9 Å². The van der Waals surface area contributed by atoms with Gasteiger partial charge in [0.1, 0.15) is 0 Å². The predicted molar refractivity (Wildman–Crippen MR) is 79.9 cm³/mol. The van der Waals surface area contributed by atoms with E-state index in [1.807, 2.05) is 0 Å². The van der Waals surface area contributed by atoms with Crippen molar-refractivity contribution < 1.29 is 13.2 Å². The van der Waals surface area contributed by atoms with Crippen LogP contribution in [0.25, 0.3) is 0 Å². The summed E-state index contributed by atoms with van der Waals surface area (Å²) >= 11 is 11.5. The Balaban J connectivity index is 2.31. The molecule has 0 radical (unpaired) electrons. The monoisotopic (exact) mass is 333 g/mol. The number of hydrogen-bond donors (Lipinski definition) is 1. The van der Waals surface area contributed by atoms with Gasteiger partial charge in [-0.1, -0.05) is 35.3 Å². The van der Waals surface area contributed by atoms with Gasteiger partial charge >= 0.3 is 6.18 Å². The van der Waals surface area contributed by atoms with Crippen molar-refractivity contribution in [3.8, 4) is 0 Å². The maximum atomic E-state index is 13.0. The highest BCUT2D eigenvalue weighted by molar-refractivity contribution is 6.31. The van der Waals surface area contributed by atoms with Gasteiger partial charge in [0.25, 0.3) is 0 Å². The molecule has 0 spiro atoms. The van der Waals surface area contributed by atoms with E-state index in [4.69, 9.17) is 23.2 Å². The van der Waals surface area contributed by atoms with Crippen LogP contribution < -0.4 is 5.32 Å². The first-order valence-electron chi connectivity index (χ1n) is 6.16. The van der Waals surface area contributed by atoms with E-state index in [1.165, 1.54) is 12.1 Å². The first kappa shape index (κ1) is 16.0. The lowest BCUT2D eigenvalue weighted by molar-refractivity contribution is -0.137. The number of halogens is 5. The molecule has 0 aliphatic rings. The average Bonchev–Trinajstić information content (AvgIpc) is 2.39. The van der Waals surface area contributed by atoms with Gasteiger partial charge in [0.15, 0.2) is 0 Å². The van der Waals surface area contributed by atoms with E-state index in [0.717, 1.165) is 11.6 Å². The summed E-state index contributed by atoms with van der Waals surface area (Å²) < 4.78 is 39.1. The van der Waals surface area contributed by atoms with Crippen LogP contribution in [-0.4, -0.2) is 0 Å². The number of hydrogen-bond acceptors (Lipinski definition) is 1. The number of anilines is 1. The van der Waals surface area contributed by atoms with Gasteiger partial charge in [-0.3, -0.25) is 0 Å². The first-order chi connectivity index (χ1) is 9.77. The summed E-state index contributed by atoms with van der Waals surface area (Å²) in [6, 6.07) is 10.3. The maximum Gasteiger partial charge on any atom is 0.418 e. The number of benzene rings is 2. The van der Waals surface area contributed by atoms with Crippen LogP contribution in [0.5, 0.6) is 0 Å². The van der Waals surface area contributed by atoms with E-state index < -0.39 is 11.7 Å². The van der Waals surface area contributed by atoms with Gasteiger partial charge in [0.2, 0.25) is 0 Å². The minimum absolute atomic E-state index is 0.0145. The quantitative estimate of drug-likeness (QED) is 0.706. The highest BCUT2D eigenvalue weighted by atomic mass is 35.5. The first-order valence-corrected chi connectivity index (χ1v) is 6.91. The third-order valence-electron chi connectivity index (χ3n) is 3.01. The molecular formula is C15H12Cl2F3N. The number of rotatable bonds is 3. The summed E-state index contributed by atoms with van der Waals surface area (Å²) in [6.45, 7) is 1.76. The minimum Gasteiger partial charge on any atom is -0.378 e. The molecule has 0 saturated heterocycles. The molecule has 0 amide bonds. The Labute approximate surface area is 130 Å². The van der Waals surface area contributed by atoms with Gasteiger partial charge in [0.05, 0.1) is 5.56 Å². The standard InChI is InChI=1S/C15H12Cl2F3N/c1-9(10-3-2-4-11(16)7-10)21-14-6-5-12(17)8-13(14)15(18,19)20/h2-9,21H,1H3. The minimum atomic E-state index is -4.47. The van der Waals surface area contributed by atoms with Crippen molar-refractivity contribution in [3.63, 3.8) is 0 Å². The van der Waals surface area contributed by atoms with Crippen LogP contribution in [0.3, 0.4) is 0 Å². The summed E-state index contributed by atoms with van der Waals surface area (Å²) in [4.78, 5) is 0. The van der Waals surface area contributed by atoms with Crippen LogP contribution in [0.15, 0.2) is 42.5 Å². The van der Waals surface area contributed by atoms with Crippen molar-refractivity contribution in [2.75, 3.05) is 5.32 Å². The third kappa shape index (κ3) is 4.05. The normalized spacial score (nSPS) is 13.0.